The molecule has 2 rings (SSSR count). The fourth-order valence-electron chi connectivity index (χ4n) is 2.96. The van der Waals surface area contributed by atoms with Crippen molar-refractivity contribution in [3.8, 4) is 0 Å². The Morgan fingerprint density at radius 2 is 1.19 bits per heavy atom. The fraction of sp³-hybridized carbons (Fsp3) is 0.368. The molecule has 112 valence electrons. The molecular weight excluding hydrogens is 260 g/mol. The highest BCUT2D eigenvalue weighted by Gasteiger charge is 2.22. The van der Waals surface area contributed by atoms with Crippen LogP contribution >= 0.6 is 0 Å². The van der Waals surface area contributed by atoms with Crippen LogP contribution in [0, 0.1) is 27.7 Å². The van der Waals surface area contributed by atoms with E-state index in [9.17, 15) is 0 Å². The van der Waals surface area contributed by atoms with Gasteiger partial charge in [-0.1, -0.05) is 36.4 Å². The standard InChI is InChI=1S/C19H24O2/c1-13-7-5-8-14(2)17(13)19(21-12-11-20)18-15(3)9-6-10-16(18)4/h5-10,19-20H,11-12H2,1-4H3. The first-order valence-corrected chi connectivity index (χ1v) is 7.41. The van der Waals surface area contributed by atoms with Gasteiger partial charge >= 0.3 is 0 Å². The minimum atomic E-state index is -0.125. The molecule has 2 heteroatoms. The van der Waals surface area contributed by atoms with Crippen molar-refractivity contribution in [3.63, 3.8) is 0 Å². The van der Waals surface area contributed by atoms with E-state index in [0.717, 1.165) is 0 Å². The SMILES string of the molecule is Cc1cccc(C)c1C(OCCO)c1c(C)cccc1C. The van der Waals surface area contributed by atoms with Gasteiger partial charge in [0.25, 0.3) is 0 Å². The molecule has 0 spiro atoms. The van der Waals surface area contributed by atoms with E-state index in [4.69, 9.17) is 9.84 Å². The summed E-state index contributed by atoms with van der Waals surface area (Å²) in [6, 6.07) is 12.6. The second kappa shape index (κ2) is 6.88. The van der Waals surface area contributed by atoms with Gasteiger partial charge in [-0.05, 0) is 61.1 Å². The van der Waals surface area contributed by atoms with E-state index in [0.29, 0.717) is 6.61 Å². The Hall–Kier alpha value is -1.64. The molecule has 0 aliphatic rings. The van der Waals surface area contributed by atoms with Crippen molar-refractivity contribution in [2.45, 2.75) is 33.8 Å². The molecule has 2 nitrogen and oxygen atoms in total. The smallest absolute Gasteiger partial charge is 0.109 e. The molecule has 0 saturated carbocycles. The lowest BCUT2D eigenvalue weighted by Crippen LogP contribution is -2.14. The van der Waals surface area contributed by atoms with Crippen molar-refractivity contribution in [1.82, 2.24) is 0 Å². The minimum absolute atomic E-state index is 0.0341. The predicted octanol–water partition coefficient (Wildman–Crippen LogP) is 4.02. The zero-order valence-corrected chi connectivity index (χ0v) is 13.3. The highest BCUT2D eigenvalue weighted by Crippen LogP contribution is 2.34. The van der Waals surface area contributed by atoms with Crippen molar-refractivity contribution >= 4 is 0 Å². The Labute approximate surface area is 127 Å². The number of aliphatic hydroxyl groups excluding tert-OH is 1. The Morgan fingerprint density at radius 1 is 0.810 bits per heavy atom. The van der Waals surface area contributed by atoms with Gasteiger partial charge < -0.3 is 9.84 Å². The second-order valence-corrected chi connectivity index (χ2v) is 5.59. The summed E-state index contributed by atoms with van der Waals surface area (Å²) >= 11 is 0. The normalized spacial score (nSPS) is 11.1. The van der Waals surface area contributed by atoms with Crippen molar-refractivity contribution in [2.75, 3.05) is 13.2 Å². The predicted molar refractivity (Wildman–Crippen MR) is 86.7 cm³/mol. The summed E-state index contributed by atoms with van der Waals surface area (Å²) in [4.78, 5) is 0. The second-order valence-electron chi connectivity index (χ2n) is 5.59. The maximum absolute atomic E-state index is 9.16. The molecule has 0 bridgehead atoms. The van der Waals surface area contributed by atoms with E-state index in [-0.39, 0.29) is 12.7 Å². The number of aliphatic hydroxyl groups is 1. The topological polar surface area (TPSA) is 29.5 Å². The lowest BCUT2D eigenvalue weighted by Gasteiger charge is -2.25. The minimum Gasteiger partial charge on any atom is -0.394 e. The third kappa shape index (κ3) is 3.34. The summed E-state index contributed by atoms with van der Waals surface area (Å²) in [6.45, 7) is 8.84. The summed E-state index contributed by atoms with van der Waals surface area (Å²) in [6.07, 6.45) is -0.125. The Balaban J connectivity index is 2.59. The van der Waals surface area contributed by atoms with Gasteiger partial charge in [-0.2, -0.15) is 0 Å². The van der Waals surface area contributed by atoms with Crippen molar-refractivity contribution < 1.29 is 9.84 Å². The van der Waals surface area contributed by atoms with Crippen LogP contribution in [0.15, 0.2) is 36.4 Å². The fourth-order valence-corrected chi connectivity index (χ4v) is 2.96. The average molecular weight is 284 g/mol. The summed E-state index contributed by atoms with van der Waals surface area (Å²) < 4.78 is 6.04. The molecule has 2 aromatic rings. The highest BCUT2D eigenvalue weighted by atomic mass is 16.5. The molecule has 0 aromatic heterocycles. The van der Waals surface area contributed by atoms with Crippen LogP contribution < -0.4 is 0 Å². The molecule has 0 saturated heterocycles. The summed E-state index contributed by atoms with van der Waals surface area (Å²) in [5.74, 6) is 0. The van der Waals surface area contributed by atoms with Crippen LogP contribution in [0.25, 0.3) is 0 Å². The molecule has 0 fully saturated rings. The van der Waals surface area contributed by atoms with Crippen LogP contribution in [0.4, 0.5) is 0 Å². The molecule has 0 aliphatic heterocycles. The molecule has 1 N–H and O–H groups in total. The van der Waals surface area contributed by atoms with E-state index < -0.39 is 0 Å². The number of hydrogen-bond donors (Lipinski definition) is 1. The zero-order chi connectivity index (χ0) is 15.4. The number of hydrogen-bond acceptors (Lipinski definition) is 2. The van der Waals surface area contributed by atoms with E-state index in [1.807, 2.05) is 0 Å². The van der Waals surface area contributed by atoms with Crippen molar-refractivity contribution in [2.24, 2.45) is 0 Å². The van der Waals surface area contributed by atoms with Crippen molar-refractivity contribution in [3.05, 3.63) is 69.8 Å². The molecule has 0 heterocycles. The first-order valence-electron chi connectivity index (χ1n) is 7.41. The summed E-state index contributed by atoms with van der Waals surface area (Å²) in [5, 5.41) is 9.16. The van der Waals surface area contributed by atoms with Crippen LogP contribution in [0.5, 0.6) is 0 Å². The summed E-state index contributed by atoms with van der Waals surface area (Å²) in [5.41, 5.74) is 7.31. The van der Waals surface area contributed by atoms with Crippen LogP contribution in [0.3, 0.4) is 0 Å². The van der Waals surface area contributed by atoms with E-state index >= 15 is 0 Å². The number of aryl methyl sites for hydroxylation is 4. The highest BCUT2D eigenvalue weighted by molar-refractivity contribution is 5.46. The first-order chi connectivity index (χ1) is 10.1. The number of rotatable bonds is 5. The third-order valence-corrected chi connectivity index (χ3v) is 3.98. The van der Waals surface area contributed by atoms with Crippen LogP contribution in [0.1, 0.15) is 39.5 Å². The van der Waals surface area contributed by atoms with Gasteiger partial charge in [-0.25, -0.2) is 0 Å². The zero-order valence-electron chi connectivity index (χ0n) is 13.3. The van der Waals surface area contributed by atoms with E-state index in [1.54, 1.807) is 0 Å². The Morgan fingerprint density at radius 3 is 1.52 bits per heavy atom. The molecule has 0 radical (unpaired) electrons. The maximum atomic E-state index is 9.16. The quantitative estimate of drug-likeness (QED) is 0.898. The molecule has 0 atom stereocenters. The van der Waals surface area contributed by atoms with Crippen LogP contribution in [-0.2, 0) is 4.74 Å². The van der Waals surface area contributed by atoms with Gasteiger partial charge in [0.05, 0.1) is 13.2 Å². The summed E-state index contributed by atoms with van der Waals surface area (Å²) in [7, 11) is 0. The van der Waals surface area contributed by atoms with Gasteiger partial charge in [0.2, 0.25) is 0 Å². The van der Waals surface area contributed by atoms with Crippen LogP contribution in [-0.4, -0.2) is 18.3 Å². The largest absolute Gasteiger partial charge is 0.394 e. The number of benzene rings is 2. The first kappa shape index (κ1) is 15.7. The molecular formula is C19H24O2. The third-order valence-electron chi connectivity index (χ3n) is 3.98. The van der Waals surface area contributed by atoms with Gasteiger partial charge in [0, 0.05) is 0 Å². The molecule has 0 aliphatic carbocycles. The molecule has 0 unspecified atom stereocenters. The Bertz CT molecular complexity index is 525. The number of ether oxygens (including phenoxy) is 1. The van der Waals surface area contributed by atoms with E-state index in [2.05, 4.69) is 64.1 Å². The van der Waals surface area contributed by atoms with Gasteiger partial charge in [-0.15, -0.1) is 0 Å². The maximum Gasteiger partial charge on any atom is 0.109 e. The lowest BCUT2D eigenvalue weighted by atomic mass is 9.89. The van der Waals surface area contributed by atoms with Crippen LogP contribution in [0.2, 0.25) is 0 Å². The Kier molecular flexibility index (Phi) is 5.16. The van der Waals surface area contributed by atoms with E-state index in [1.165, 1.54) is 33.4 Å². The monoisotopic (exact) mass is 284 g/mol. The van der Waals surface area contributed by atoms with Gasteiger partial charge in [0.15, 0.2) is 0 Å². The molecule has 0 amide bonds. The van der Waals surface area contributed by atoms with Gasteiger partial charge in [-0.3, -0.25) is 0 Å². The molecule has 21 heavy (non-hydrogen) atoms. The van der Waals surface area contributed by atoms with Crippen molar-refractivity contribution in [1.29, 1.82) is 0 Å². The van der Waals surface area contributed by atoms with Gasteiger partial charge in [0.1, 0.15) is 6.10 Å². The average Bonchev–Trinajstić information content (AvgIpc) is 2.43. The lowest BCUT2D eigenvalue weighted by molar-refractivity contribution is 0.0489. The molecule has 2 aromatic carbocycles.